The zero-order chi connectivity index (χ0) is 13.3. The Bertz CT molecular complexity index is 236. The third-order valence-corrected chi connectivity index (χ3v) is 5.30. The third kappa shape index (κ3) is 9.35. The van der Waals surface area contributed by atoms with Gasteiger partial charge in [0, 0.05) is 11.5 Å². The Hall–Kier alpha value is -0.360. The molecular formula is C11H20O4S2. The number of thioether (sulfide) groups is 2. The van der Waals surface area contributed by atoms with Crippen LogP contribution in [0, 0.1) is 0 Å². The number of carboxylic acid groups (broad SMARTS) is 2. The number of aliphatic carboxylic acids is 2. The molecule has 0 aromatic carbocycles. The largest absolute Gasteiger partial charge is 0.481 e. The second-order valence-corrected chi connectivity index (χ2v) is 7.32. The minimum Gasteiger partial charge on any atom is -0.481 e. The maximum atomic E-state index is 10.4. The number of hydrogen-bond donors (Lipinski definition) is 2. The van der Waals surface area contributed by atoms with Gasteiger partial charge < -0.3 is 10.2 Å². The highest BCUT2D eigenvalue weighted by Gasteiger charge is 2.24. The minimum absolute atomic E-state index is 0.0698. The second kappa shape index (κ2) is 8.69. The van der Waals surface area contributed by atoms with E-state index in [4.69, 9.17) is 10.2 Å². The fourth-order valence-electron chi connectivity index (χ4n) is 1.35. The highest BCUT2D eigenvalue weighted by atomic mass is 32.2. The number of rotatable bonds is 10. The molecule has 0 saturated carbocycles. The Labute approximate surface area is 111 Å². The zero-order valence-corrected chi connectivity index (χ0v) is 11.9. The molecule has 0 aromatic rings. The van der Waals surface area contributed by atoms with Crippen molar-refractivity contribution in [2.75, 3.05) is 11.5 Å². The van der Waals surface area contributed by atoms with Gasteiger partial charge in [0.15, 0.2) is 0 Å². The van der Waals surface area contributed by atoms with E-state index in [0.29, 0.717) is 11.5 Å². The molecule has 0 saturated heterocycles. The summed E-state index contributed by atoms with van der Waals surface area (Å²) in [6.07, 6.45) is 2.28. The summed E-state index contributed by atoms with van der Waals surface area (Å²) in [5.74, 6) is -0.420. The first-order valence-corrected chi connectivity index (χ1v) is 7.58. The van der Waals surface area contributed by atoms with Crippen LogP contribution in [0.3, 0.4) is 0 Å². The molecule has 0 radical (unpaired) electrons. The predicted molar refractivity (Wildman–Crippen MR) is 72.7 cm³/mol. The summed E-state index contributed by atoms with van der Waals surface area (Å²) in [5, 5.41) is 17.2. The van der Waals surface area contributed by atoms with E-state index in [1.54, 1.807) is 23.5 Å². The number of hydrogen-bond acceptors (Lipinski definition) is 4. The molecule has 0 aromatic heterocycles. The summed E-state index contributed by atoms with van der Waals surface area (Å²) in [6.45, 7) is 4.14. The standard InChI is InChI=1S/C11H20O4S2/c1-3-6-11(2,16-7-4-9(12)13)17-8-5-10(14)15/h3-8H2,1-2H3,(H,12,13)(H,14,15). The number of carbonyl (C=O) groups is 2. The maximum absolute atomic E-state index is 10.4. The topological polar surface area (TPSA) is 74.6 Å². The Kier molecular flexibility index (Phi) is 8.51. The molecule has 0 heterocycles. The Morgan fingerprint density at radius 2 is 1.47 bits per heavy atom. The van der Waals surface area contributed by atoms with E-state index in [-0.39, 0.29) is 16.9 Å². The van der Waals surface area contributed by atoms with Gasteiger partial charge in [0.05, 0.1) is 16.9 Å². The molecule has 0 unspecified atom stereocenters. The number of carboxylic acids is 2. The van der Waals surface area contributed by atoms with Crippen molar-refractivity contribution in [3.05, 3.63) is 0 Å². The monoisotopic (exact) mass is 280 g/mol. The van der Waals surface area contributed by atoms with Crippen LogP contribution in [0.4, 0.5) is 0 Å². The van der Waals surface area contributed by atoms with Gasteiger partial charge in [0.2, 0.25) is 0 Å². The molecule has 0 spiro atoms. The fourth-order valence-corrected chi connectivity index (χ4v) is 4.30. The van der Waals surface area contributed by atoms with Crippen LogP contribution in [0.2, 0.25) is 0 Å². The van der Waals surface area contributed by atoms with Crippen LogP contribution in [0.25, 0.3) is 0 Å². The molecule has 0 aliphatic carbocycles. The van der Waals surface area contributed by atoms with E-state index in [1.807, 2.05) is 0 Å². The van der Waals surface area contributed by atoms with Gasteiger partial charge in [-0.1, -0.05) is 13.3 Å². The summed E-state index contributed by atoms with van der Waals surface area (Å²) in [5.41, 5.74) is 0. The van der Waals surface area contributed by atoms with Gasteiger partial charge in [0.1, 0.15) is 0 Å². The molecule has 0 aliphatic rings. The predicted octanol–water partition coefficient (Wildman–Crippen LogP) is 2.92. The quantitative estimate of drug-likeness (QED) is 0.599. The molecule has 0 atom stereocenters. The Balaban J connectivity index is 4.05. The van der Waals surface area contributed by atoms with Gasteiger partial charge in [-0.2, -0.15) is 0 Å². The molecule has 0 rings (SSSR count). The SMILES string of the molecule is CCCC(C)(SCCC(=O)O)SCCC(=O)O. The molecule has 100 valence electrons. The summed E-state index contributed by atoms with van der Waals surface area (Å²) in [7, 11) is 0. The first-order chi connectivity index (χ1) is 7.89. The van der Waals surface area contributed by atoms with Crippen molar-refractivity contribution in [2.45, 2.75) is 43.6 Å². The van der Waals surface area contributed by atoms with Crippen LogP contribution in [-0.4, -0.2) is 37.7 Å². The minimum atomic E-state index is -0.785. The maximum Gasteiger partial charge on any atom is 0.304 e. The molecule has 0 bridgehead atoms. The normalized spacial score (nSPS) is 11.4. The van der Waals surface area contributed by atoms with E-state index < -0.39 is 11.9 Å². The lowest BCUT2D eigenvalue weighted by atomic mass is 10.3. The lowest BCUT2D eigenvalue weighted by Gasteiger charge is -2.27. The van der Waals surface area contributed by atoms with Crippen molar-refractivity contribution in [3.63, 3.8) is 0 Å². The van der Waals surface area contributed by atoms with Gasteiger partial charge in [-0.05, 0) is 13.3 Å². The Morgan fingerprint density at radius 1 is 1.06 bits per heavy atom. The Morgan fingerprint density at radius 3 is 1.76 bits per heavy atom. The van der Waals surface area contributed by atoms with Crippen LogP contribution in [0.5, 0.6) is 0 Å². The van der Waals surface area contributed by atoms with E-state index in [0.717, 1.165) is 12.8 Å². The van der Waals surface area contributed by atoms with Gasteiger partial charge in [-0.25, -0.2) is 0 Å². The fraction of sp³-hybridized carbons (Fsp3) is 0.818. The molecule has 0 aliphatic heterocycles. The smallest absolute Gasteiger partial charge is 0.304 e. The van der Waals surface area contributed by atoms with Crippen molar-refractivity contribution in [1.82, 2.24) is 0 Å². The van der Waals surface area contributed by atoms with Crippen molar-refractivity contribution >= 4 is 35.5 Å². The first-order valence-electron chi connectivity index (χ1n) is 5.61. The van der Waals surface area contributed by atoms with Crippen molar-refractivity contribution in [3.8, 4) is 0 Å². The van der Waals surface area contributed by atoms with E-state index in [2.05, 4.69) is 13.8 Å². The van der Waals surface area contributed by atoms with Crippen LogP contribution in [0.15, 0.2) is 0 Å². The molecule has 0 fully saturated rings. The molecule has 2 N–H and O–H groups in total. The summed E-state index contributed by atoms with van der Waals surface area (Å²) >= 11 is 3.24. The van der Waals surface area contributed by atoms with Gasteiger partial charge in [0.25, 0.3) is 0 Å². The van der Waals surface area contributed by atoms with Crippen LogP contribution in [-0.2, 0) is 9.59 Å². The van der Waals surface area contributed by atoms with Crippen LogP contribution >= 0.6 is 23.5 Å². The van der Waals surface area contributed by atoms with Crippen LogP contribution < -0.4 is 0 Å². The lowest BCUT2D eigenvalue weighted by Crippen LogP contribution is -2.17. The molecule has 17 heavy (non-hydrogen) atoms. The zero-order valence-electron chi connectivity index (χ0n) is 10.3. The molecule has 0 amide bonds. The van der Waals surface area contributed by atoms with Gasteiger partial charge in [-0.15, -0.1) is 23.5 Å². The van der Waals surface area contributed by atoms with Gasteiger partial charge >= 0.3 is 11.9 Å². The molecule has 4 nitrogen and oxygen atoms in total. The summed E-state index contributed by atoms with van der Waals surface area (Å²) in [6, 6.07) is 0. The van der Waals surface area contributed by atoms with E-state index in [9.17, 15) is 9.59 Å². The highest BCUT2D eigenvalue weighted by molar-refractivity contribution is 8.18. The van der Waals surface area contributed by atoms with E-state index in [1.165, 1.54) is 0 Å². The van der Waals surface area contributed by atoms with E-state index >= 15 is 0 Å². The second-order valence-electron chi connectivity index (χ2n) is 3.87. The third-order valence-electron chi connectivity index (χ3n) is 2.15. The lowest BCUT2D eigenvalue weighted by molar-refractivity contribution is -0.137. The summed E-state index contributed by atoms with van der Waals surface area (Å²) in [4.78, 5) is 20.9. The van der Waals surface area contributed by atoms with Gasteiger partial charge in [-0.3, -0.25) is 9.59 Å². The van der Waals surface area contributed by atoms with Crippen LogP contribution in [0.1, 0.15) is 39.5 Å². The molecular weight excluding hydrogens is 260 g/mol. The average Bonchev–Trinajstić information content (AvgIpc) is 2.16. The van der Waals surface area contributed by atoms with Crippen molar-refractivity contribution in [1.29, 1.82) is 0 Å². The first kappa shape index (κ1) is 16.6. The molecule has 6 heteroatoms. The van der Waals surface area contributed by atoms with Crippen molar-refractivity contribution in [2.24, 2.45) is 0 Å². The van der Waals surface area contributed by atoms with Crippen molar-refractivity contribution < 1.29 is 19.8 Å². The highest BCUT2D eigenvalue weighted by Crippen LogP contribution is 2.41. The average molecular weight is 280 g/mol. The summed E-state index contributed by atoms with van der Waals surface area (Å²) < 4.78 is -0.0698.